The molecule has 3 N–H and O–H groups in total. The van der Waals surface area contributed by atoms with E-state index in [1.807, 2.05) is 58.3 Å². The van der Waals surface area contributed by atoms with Crippen LogP contribution in [0.3, 0.4) is 0 Å². The van der Waals surface area contributed by atoms with Crippen molar-refractivity contribution in [2.45, 2.75) is 39.7 Å². The number of hydrogen-bond acceptors (Lipinski definition) is 3. The number of carboxylic acids is 1. The summed E-state index contributed by atoms with van der Waals surface area (Å²) in [5, 5.41) is 14.2. The number of aliphatic carboxylic acids is 1. The Balaban J connectivity index is 0. The predicted octanol–water partition coefficient (Wildman–Crippen LogP) is 2.24. The third-order valence-corrected chi connectivity index (χ3v) is 2.45. The summed E-state index contributed by atoms with van der Waals surface area (Å²) >= 11 is 0. The number of carboxylic acid groups (broad SMARTS) is 1. The normalized spacial score (nSPS) is 11.7. The van der Waals surface area contributed by atoms with Gasteiger partial charge in [0, 0.05) is 12.8 Å². The van der Waals surface area contributed by atoms with Gasteiger partial charge >= 0.3 is 5.97 Å². The van der Waals surface area contributed by atoms with Crippen molar-refractivity contribution in [3.8, 4) is 0 Å². The number of nitrogens with one attached hydrogen (secondary N) is 2. The lowest BCUT2D eigenvalue weighted by Gasteiger charge is -2.21. The Hall–Kier alpha value is -1.88. The average Bonchev–Trinajstić information content (AvgIpc) is 2.47. The fourth-order valence-electron chi connectivity index (χ4n) is 1.57. The van der Waals surface area contributed by atoms with Crippen LogP contribution in [-0.2, 0) is 9.59 Å². The first-order chi connectivity index (χ1) is 9.93. The maximum Gasteiger partial charge on any atom is 0.326 e. The molecule has 1 aromatic rings. The van der Waals surface area contributed by atoms with Crippen LogP contribution in [0.5, 0.6) is 0 Å². The summed E-state index contributed by atoms with van der Waals surface area (Å²) in [6, 6.07) is 8.37. The maximum atomic E-state index is 11.0. The minimum absolute atomic E-state index is 0.261. The highest BCUT2D eigenvalue weighted by atomic mass is 16.4. The van der Waals surface area contributed by atoms with Crippen molar-refractivity contribution in [3.05, 3.63) is 35.9 Å². The Morgan fingerprint density at radius 2 is 1.52 bits per heavy atom. The van der Waals surface area contributed by atoms with E-state index in [4.69, 9.17) is 5.11 Å². The summed E-state index contributed by atoms with van der Waals surface area (Å²) in [6.07, 6.45) is 0. The molecule has 1 aromatic carbocycles. The third kappa shape index (κ3) is 9.62. The quantitative estimate of drug-likeness (QED) is 0.796. The fourth-order valence-corrected chi connectivity index (χ4v) is 1.57. The van der Waals surface area contributed by atoms with Crippen LogP contribution in [0.4, 0.5) is 0 Å². The second kappa shape index (κ2) is 13.1. The van der Waals surface area contributed by atoms with E-state index in [1.165, 1.54) is 6.92 Å². The first kappa shape index (κ1) is 21.4. The Kier molecular flexibility index (Phi) is 13.4. The van der Waals surface area contributed by atoms with Gasteiger partial charge in [-0.2, -0.15) is 0 Å². The van der Waals surface area contributed by atoms with Crippen molar-refractivity contribution in [3.63, 3.8) is 0 Å². The molecule has 0 saturated carbocycles. The highest BCUT2D eigenvalue weighted by Crippen LogP contribution is 2.18. The first-order valence-corrected chi connectivity index (χ1v) is 7.07. The van der Waals surface area contributed by atoms with E-state index in [9.17, 15) is 9.59 Å². The molecule has 0 fully saturated rings. The van der Waals surface area contributed by atoms with Crippen LogP contribution in [0.15, 0.2) is 30.3 Å². The summed E-state index contributed by atoms with van der Waals surface area (Å²) in [4.78, 5) is 22.0. The smallest absolute Gasteiger partial charge is 0.326 e. The lowest BCUT2D eigenvalue weighted by molar-refractivity contribution is -0.142. The summed E-state index contributed by atoms with van der Waals surface area (Å²) in [6.45, 7) is 7.09. The minimum atomic E-state index is -1.02. The number of rotatable bonds is 4. The Labute approximate surface area is 127 Å². The molecule has 0 radical (unpaired) electrons. The van der Waals surface area contributed by atoms with E-state index in [0.29, 0.717) is 0 Å². The van der Waals surface area contributed by atoms with Crippen molar-refractivity contribution in [2.75, 3.05) is 14.1 Å². The third-order valence-electron chi connectivity index (χ3n) is 2.45. The van der Waals surface area contributed by atoms with Gasteiger partial charge in [0.05, 0.1) is 0 Å². The molecular weight excluding hydrogens is 268 g/mol. The molecule has 0 aliphatic rings. The maximum absolute atomic E-state index is 11.0. The molecule has 2 unspecified atom stereocenters. The molecule has 0 saturated heterocycles. The molecule has 0 aliphatic heterocycles. The van der Waals surface area contributed by atoms with Gasteiger partial charge in [0.2, 0.25) is 5.91 Å². The predicted molar refractivity (Wildman–Crippen MR) is 86.4 cm³/mol. The van der Waals surface area contributed by atoms with E-state index < -0.39 is 12.0 Å². The van der Waals surface area contributed by atoms with Crippen LogP contribution in [0.2, 0.25) is 0 Å². The van der Waals surface area contributed by atoms with Crippen LogP contribution >= 0.6 is 0 Å². The highest BCUT2D eigenvalue weighted by Gasteiger charge is 2.26. The van der Waals surface area contributed by atoms with Crippen LogP contribution < -0.4 is 10.6 Å². The molecule has 120 valence electrons. The van der Waals surface area contributed by atoms with E-state index in [1.54, 1.807) is 6.92 Å². The van der Waals surface area contributed by atoms with Crippen molar-refractivity contribution >= 4 is 11.9 Å². The molecule has 2 atom stereocenters. The zero-order valence-corrected chi connectivity index (χ0v) is 13.8. The van der Waals surface area contributed by atoms with Crippen molar-refractivity contribution in [2.24, 2.45) is 0 Å². The number of carbonyl (C=O) groups excluding carboxylic acids is 1. The molecule has 1 amide bonds. The SMILES string of the molecule is CC.CC(=O)NC(C(=O)O)C(C)c1ccccc1.CNC. The second-order valence-corrected chi connectivity index (χ2v) is 4.22. The summed E-state index contributed by atoms with van der Waals surface area (Å²) in [7, 11) is 3.75. The zero-order valence-electron chi connectivity index (χ0n) is 13.8. The van der Waals surface area contributed by atoms with Gasteiger partial charge in [0.15, 0.2) is 0 Å². The van der Waals surface area contributed by atoms with Gasteiger partial charge in [-0.3, -0.25) is 4.79 Å². The van der Waals surface area contributed by atoms with Crippen LogP contribution in [0.1, 0.15) is 39.2 Å². The molecule has 5 heteroatoms. The Bertz CT molecular complexity index is 394. The van der Waals surface area contributed by atoms with Crippen LogP contribution in [-0.4, -0.2) is 37.1 Å². The molecule has 0 bridgehead atoms. The Morgan fingerprint density at radius 1 is 1.10 bits per heavy atom. The van der Waals surface area contributed by atoms with E-state index >= 15 is 0 Å². The van der Waals surface area contributed by atoms with Gasteiger partial charge in [-0.1, -0.05) is 51.1 Å². The monoisotopic (exact) mass is 296 g/mol. The molecule has 21 heavy (non-hydrogen) atoms. The van der Waals surface area contributed by atoms with Gasteiger partial charge in [0.25, 0.3) is 0 Å². The highest BCUT2D eigenvalue weighted by molar-refractivity contribution is 5.83. The van der Waals surface area contributed by atoms with E-state index in [0.717, 1.165) is 5.56 Å². The van der Waals surface area contributed by atoms with Gasteiger partial charge in [0.1, 0.15) is 6.04 Å². The summed E-state index contributed by atoms with van der Waals surface area (Å²) < 4.78 is 0. The standard InChI is InChI=1S/C12H15NO3.C2H7N.C2H6/c1-8(10-6-4-3-5-7-10)11(12(15)16)13-9(2)14;1-3-2;1-2/h3-8,11H,1-2H3,(H,13,14)(H,15,16);3H,1-2H3;1-2H3. The lowest BCUT2D eigenvalue weighted by atomic mass is 9.93. The number of amides is 1. The zero-order chi connectivity index (χ0) is 16.8. The molecule has 5 nitrogen and oxygen atoms in total. The molecule has 0 aromatic heterocycles. The van der Waals surface area contributed by atoms with Gasteiger partial charge in [-0.25, -0.2) is 4.79 Å². The summed E-state index contributed by atoms with van der Waals surface area (Å²) in [5.74, 6) is -1.62. The van der Waals surface area contributed by atoms with E-state index in [2.05, 4.69) is 10.6 Å². The molecule has 0 spiro atoms. The van der Waals surface area contributed by atoms with Crippen LogP contribution in [0, 0.1) is 0 Å². The molecular formula is C16H28N2O3. The lowest BCUT2D eigenvalue weighted by Crippen LogP contribution is -2.43. The van der Waals surface area contributed by atoms with Gasteiger partial charge < -0.3 is 15.7 Å². The largest absolute Gasteiger partial charge is 0.480 e. The van der Waals surface area contributed by atoms with Gasteiger partial charge in [-0.05, 0) is 19.7 Å². The second-order valence-electron chi connectivity index (χ2n) is 4.22. The first-order valence-electron chi connectivity index (χ1n) is 7.07. The number of benzene rings is 1. The molecule has 1 rings (SSSR count). The summed E-state index contributed by atoms with van der Waals surface area (Å²) in [5.41, 5.74) is 0.892. The topological polar surface area (TPSA) is 78.4 Å². The van der Waals surface area contributed by atoms with E-state index in [-0.39, 0.29) is 11.8 Å². The van der Waals surface area contributed by atoms with Gasteiger partial charge in [-0.15, -0.1) is 0 Å². The number of hydrogen-bond donors (Lipinski definition) is 3. The van der Waals surface area contributed by atoms with Crippen molar-refractivity contribution < 1.29 is 14.7 Å². The fraction of sp³-hybridized carbons (Fsp3) is 0.500. The van der Waals surface area contributed by atoms with Crippen molar-refractivity contribution in [1.29, 1.82) is 0 Å². The van der Waals surface area contributed by atoms with Crippen molar-refractivity contribution in [1.82, 2.24) is 10.6 Å². The number of carbonyl (C=O) groups is 2. The minimum Gasteiger partial charge on any atom is -0.480 e. The molecule has 0 aliphatic carbocycles. The Morgan fingerprint density at radius 3 is 1.86 bits per heavy atom. The average molecular weight is 296 g/mol. The van der Waals surface area contributed by atoms with Crippen LogP contribution in [0.25, 0.3) is 0 Å². The molecule has 0 heterocycles.